The summed E-state index contributed by atoms with van der Waals surface area (Å²) in [6, 6.07) is 6.24. The number of benzene rings is 1. The number of tetrazole rings is 1. The van der Waals surface area contributed by atoms with E-state index in [1.165, 1.54) is 11.1 Å². The predicted octanol–water partition coefficient (Wildman–Crippen LogP) is 2.47. The van der Waals surface area contributed by atoms with Gasteiger partial charge in [-0.2, -0.15) is 4.68 Å². The van der Waals surface area contributed by atoms with Crippen LogP contribution >= 0.6 is 0 Å². The first-order valence-corrected chi connectivity index (χ1v) is 6.94. The summed E-state index contributed by atoms with van der Waals surface area (Å²) >= 11 is 0. The van der Waals surface area contributed by atoms with Gasteiger partial charge in [-0.3, -0.25) is 4.90 Å². The largest absolute Gasteiger partial charge is 0.297 e. The summed E-state index contributed by atoms with van der Waals surface area (Å²) in [5.74, 6) is 0.877. The van der Waals surface area contributed by atoms with E-state index in [1.54, 1.807) is 0 Å². The quantitative estimate of drug-likeness (QED) is 0.858. The van der Waals surface area contributed by atoms with Gasteiger partial charge in [0.1, 0.15) is 0 Å². The van der Waals surface area contributed by atoms with Crippen LogP contribution in [-0.2, 0) is 5.54 Å². The van der Waals surface area contributed by atoms with Crippen molar-refractivity contribution in [1.82, 2.24) is 25.1 Å². The predicted molar refractivity (Wildman–Crippen MR) is 80.0 cm³/mol. The lowest BCUT2D eigenvalue weighted by molar-refractivity contribution is 0.152. The highest BCUT2D eigenvalue weighted by molar-refractivity contribution is 5.46. The molecule has 2 rings (SSSR count). The van der Waals surface area contributed by atoms with Crippen molar-refractivity contribution in [3.8, 4) is 5.69 Å². The Kier molecular flexibility index (Phi) is 3.90. The van der Waals surface area contributed by atoms with Gasteiger partial charge in [0.2, 0.25) is 0 Å². The summed E-state index contributed by atoms with van der Waals surface area (Å²) in [7, 11) is 4.13. The molecule has 0 amide bonds. The molecular weight excluding hydrogens is 250 g/mol. The molecule has 0 aliphatic carbocycles. The molecule has 20 heavy (non-hydrogen) atoms. The topological polar surface area (TPSA) is 46.8 Å². The SMILES string of the molecule is CC[C@@](C)(c1nnnn1-c1c(C)cccc1C)N(C)C. The van der Waals surface area contributed by atoms with Gasteiger partial charge in [0.25, 0.3) is 0 Å². The smallest absolute Gasteiger partial charge is 0.176 e. The highest BCUT2D eigenvalue weighted by Crippen LogP contribution is 2.30. The molecule has 0 unspecified atom stereocenters. The third-order valence-electron chi connectivity index (χ3n) is 4.28. The van der Waals surface area contributed by atoms with Crippen LogP contribution in [-0.4, -0.2) is 39.2 Å². The average Bonchev–Trinajstić information content (AvgIpc) is 2.87. The Morgan fingerprint density at radius 1 is 1.20 bits per heavy atom. The number of para-hydroxylation sites is 1. The maximum atomic E-state index is 4.30. The minimum Gasteiger partial charge on any atom is -0.297 e. The Morgan fingerprint density at radius 3 is 2.30 bits per heavy atom. The third kappa shape index (κ3) is 2.22. The van der Waals surface area contributed by atoms with Crippen molar-refractivity contribution in [3.63, 3.8) is 0 Å². The fourth-order valence-electron chi connectivity index (χ4n) is 2.49. The zero-order valence-electron chi connectivity index (χ0n) is 13.2. The number of aryl methyl sites for hydroxylation is 2. The molecule has 0 aliphatic rings. The van der Waals surface area contributed by atoms with Crippen LogP contribution in [0.5, 0.6) is 0 Å². The second-order valence-corrected chi connectivity index (χ2v) is 5.68. The van der Waals surface area contributed by atoms with Gasteiger partial charge >= 0.3 is 0 Å². The van der Waals surface area contributed by atoms with Crippen LogP contribution in [0.25, 0.3) is 5.69 Å². The normalized spacial score (nSPS) is 14.6. The molecule has 0 radical (unpaired) electrons. The molecule has 1 atom stereocenters. The fourth-order valence-corrected chi connectivity index (χ4v) is 2.49. The number of hydrogen-bond donors (Lipinski definition) is 0. The van der Waals surface area contributed by atoms with Crippen molar-refractivity contribution in [2.24, 2.45) is 0 Å². The lowest BCUT2D eigenvalue weighted by atomic mass is 9.96. The molecule has 2 aromatic rings. The molecule has 5 nitrogen and oxygen atoms in total. The molecule has 0 fully saturated rings. The van der Waals surface area contributed by atoms with E-state index in [0.717, 1.165) is 17.9 Å². The highest BCUT2D eigenvalue weighted by atomic mass is 15.6. The van der Waals surface area contributed by atoms with E-state index < -0.39 is 0 Å². The molecule has 0 saturated heterocycles. The number of aromatic nitrogens is 4. The van der Waals surface area contributed by atoms with Crippen molar-refractivity contribution < 1.29 is 0 Å². The van der Waals surface area contributed by atoms with Crippen molar-refractivity contribution >= 4 is 0 Å². The monoisotopic (exact) mass is 273 g/mol. The van der Waals surface area contributed by atoms with Gasteiger partial charge < -0.3 is 0 Å². The van der Waals surface area contributed by atoms with Crippen molar-refractivity contribution in [2.75, 3.05) is 14.1 Å². The van der Waals surface area contributed by atoms with Crippen LogP contribution in [0.1, 0.15) is 37.2 Å². The molecule has 0 spiro atoms. The molecular formula is C15H23N5. The minimum absolute atomic E-state index is 0.196. The summed E-state index contributed by atoms with van der Waals surface area (Å²) in [5.41, 5.74) is 3.23. The van der Waals surface area contributed by atoms with E-state index in [0.29, 0.717) is 0 Å². The van der Waals surface area contributed by atoms with E-state index in [4.69, 9.17) is 0 Å². The van der Waals surface area contributed by atoms with Crippen molar-refractivity contribution in [3.05, 3.63) is 35.2 Å². The van der Waals surface area contributed by atoms with Gasteiger partial charge in [-0.05, 0) is 62.8 Å². The van der Waals surface area contributed by atoms with Gasteiger partial charge in [0.05, 0.1) is 11.2 Å². The number of nitrogens with zero attached hydrogens (tertiary/aromatic N) is 5. The molecule has 108 valence electrons. The van der Waals surface area contributed by atoms with Gasteiger partial charge in [0.15, 0.2) is 5.82 Å². The average molecular weight is 273 g/mol. The first-order valence-electron chi connectivity index (χ1n) is 6.94. The molecule has 0 bridgehead atoms. The summed E-state index contributed by atoms with van der Waals surface area (Å²) in [6.45, 7) is 8.51. The zero-order valence-corrected chi connectivity index (χ0v) is 13.2. The van der Waals surface area contributed by atoms with Crippen molar-refractivity contribution in [1.29, 1.82) is 0 Å². The lowest BCUT2D eigenvalue weighted by Gasteiger charge is -2.34. The van der Waals surface area contributed by atoms with Crippen LogP contribution in [0.15, 0.2) is 18.2 Å². The van der Waals surface area contributed by atoms with E-state index in [9.17, 15) is 0 Å². The van der Waals surface area contributed by atoms with E-state index in [-0.39, 0.29) is 5.54 Å². The molecule has 1 aromatic carbocycles. The maximum absolute atomic E-state index is 4.30. The third-order valence-corrected chi connectivity index (χ3v) is 4.28. The van der Waals surface area contributed by atoms with Gasteiger partial charge in [-0.15, -0.1) is 5.10 Å². The Hall–Kier alpha value is -1.75. The van der Waals surface area contributed by atoms with Gasteiger partial charge in [-0.25, -0.2) is 0 Å². The lowest BCUT2D eigenvalue weighted by Crippen LogP contribution is -2.40. The Balaban J connectivity index is 2.65. The van der Waals surface area contributed by atoms with Crippen LogP contribution < -0.4 is 0 Å². The van der Waals surface area contributed by atoms with Crippen molar-refractivity contribution in [2.45, 2.75) is 39.7 Å². The zero-order chi connectivity index (χ0) is 14.9. The Labute approximate surface area is 120 Å². The van der Waals surface area contributed by atoms with Gasteiger partial charge in [0, 0.05) is 0 Å². The molecule has 0 N–H and O–H groups in total. The number of hydrogen-bond acceptors (Lipinski definition) is 4. The van der Waals surface area contributed by atoms with Gasteiger partial charge in [-0.1, -0.05) is 25.1 Å². The molecule has 0 saturated carbocycles. The molecule has 0 aliphatic heterocycles. The Bertz CT molecular complexity index is 582. The van der Waals surface area contributed by atoms with E-state index >= 15 is 0 Å². The van der Waals surface area contributed by atoms with Crippen LogP contribution in [0, 0.1) is 13.8 Å². The second-order valence-electron chi connectivity index (χ2n) is 5.68. The first-order chi connectivity index (χ1) is 9.41. The minimum atomic E-state index is -0.196. The maximum Gasteiger partial charge on any atom is 0.176 e. The summed E-state index contributed by atoms with van der Waals surface area (Å²) < 4.78 is 1.88. The summed E-state index contributed by atoms with van der Waals surface area (Å²) in [5, 5.41) is 12.4. The Morgan fingerprint density at radius 2 is 1.80 bits per heavy atom. The van der Waals surface area contributed by atoms with Crippen LogP contribution in [0.2, 0.25) is 0 Å². The summed E-state index contributed by atoms with van der Waals surface area (Å²) in [4.78, 5) is 2.17. The molecule has 1 heterocycles. The molecule has 1 aromatic heterocycles. The second kappa shape index (κ2) is 5.32. The standard InChI is InChI=1S/C15H23N5/c1-7-15(4,19(5)6)14-16-17-18-20(14)13-11(2)9-8-10-12(13)3/h8-10H,7H2,1-6H3/t15-/m0/s1. The van der Waals surface area contributed by atoms with E-state index in [2.05, 4.69) is 80.4 Å². The van der Waals surface area contributed by atoms with Crippen LogP contribution in [0.3, 0.4) is 0 Å². The fraction of sp³-hybridized carbons (Fsp3) is 0.533. The summed E-state index contributed by atoms with van der Waals surface area (Å²) in [6.07, 6.45) is 0.936. The highest BCUT2D eigenvalue weighted by Gasteiger charge is 2.34. The number of rotatable bonds is 4. The first kappa shape index (κ1) is 14.7. The molecule has 5 heteroatoms. The van der Waals surface area contributed by atoms with E-state index in [1.807, 2.05) is 4.68 Å². The van der Waals surface area contributed by atoms with Crippen LogP contribution in [0.4, 0.5) is 0 Å².